The Labute approximate surface area is 148 Å². The molecule has 1 aromatic rings. The number of carbonyl (C=O) groups is 2. The van der Waals surface area contributed by atoms with Crippen molar-refractivity contribution in [2.24, 2.45) is 0 Å². The molecule has 1 aliphatic carbocycles. The maximum absolute atomic E-state index is 12.7. The first-order valence-corrected chi connectivity index (χ1v) is 9.08. The molecule has 1 aliphatic heterocycles. The number of β-amino-alcohol motifs (C(OH)–C–C–N with tert-alkyl or cyclic N) is 1. The van der Waals surface area contributed by atoms with E-state index in [2.05, 4.69) is 12.2 Å². The fourth-order valence-electron chi connectivity index (χ4n) is 3.61. The smallest absolute Gasteiger partial charge is 0.325 e. The molecular weight excluding hydrogens is 320 g/mol. The summed E-state index contributed by atoms with van der Waals surface area (Å²) in [5.41, 5.74) is 0.469. The summed E-state index contributed by atoms with van der Waals surface area (Å²) >= 11 is 0. The van der Waals surface area contributed by atoms with E-state index in [9.17, 15) is 14.7 Å². The fraction of sp³-hybridized carbons (Fsp3) is 0.579. The van der Waals surface area contributed by atoms with Gasteiger partial charge in [0.2, 0.25) is 0 Å². The number of aryl methyl sites for hydroxylation is 1. The van der Waals surface area contributed by atoms with Gasteiger partial charge in [-0.3, -0.25) is 9.69 Å². The molecule has 1 saturated carbocycles. The first-order valence-electron chi connectivity index (χ1n) is 9.08. The molecule has 3 amide bonds. The van der Waals surface area contributed by atoms with Crippen molar-refractivity contribution >= 4 is 11.9 Å². The number of hydrogen-bond donors (Lipinski definition) is 2. The number of amides is 3. The van der Waals surface area contributed by atoms with Gasteiger partial charge in [0.25, 0.3) is 5.91 Å². The summed E-state index contributed by atoms with van der Waals surface area (Å²) in [7, 11) is 0. The van der Waals surface area contributed by atoms with Crippen molar-refractivity contribution in [3.63, 3.8) is 0 Å². The van der Waals surface area contributed by atoms with Crippen LogP contribution in [0, 0.1) is 0 Å². The van der Waals surface area contributed by atoms with E-state index in [0.29, 0.717) is 18.6 Å². The van der Waals surface area contributed by atoms with Crippen LogP contribution in [0.3, 0.4) is 0 Å². The third-order valence-corrected chi connectivity index (χ3v) is 5.12. The van der Waals surface area contributed by atoms with Gasteiger partial charge in [-0.2, -0.15) is 0 Å². The van der Waals surface area contributed by atoms with E-state index in [-0.39, 0.29) is 19.1 Å². The van der Waals surface area contributed by atoms with Gasteiger partial charge in [0.15, 0.2) is 0 Å². The van der Waals surface area contributed by atoms with Crippen molar-refractivity contribution in [2.45, 2.75) is 57.1 Å². The van der Waals surface area contributed by atoms with Crippen molar-refractivity contribution in [1.29, 1.82) is 0 Å². The predicted octanol–water partition coefficient (Wildman–Crippen LogP) is 2.24. The van der Waals surface area contributed by atoms with E-state index < -0.39 is 17.7 Å². The van der Waals surface area contributed by atoms with Crippen LogP contribution >= 0.6 is 0 Å². The number of nitrogens with zero attached hydrogens (tertiary/aromatic N) is 1. The summed E-state index contributed by atoms with van der Waals surface area (Å²) in [6.45, 7) is 2.08. The zero-order valence-electron chi connectivity index (χ0n) is 14.7. The molecule has 6 nitrogen and oxygen atoms in total. The summed E-state index contributed by atoms with van der Waals surface area (Å²) in [4.78, 5) is 26.0. The van der Waals surface area contributed by atoms with Crippen LogP contribution in [-0.2, 0) is 11.2 Å². The van der Waals surface area contributed by atoms with Gasteiger partial charge in [0.1, 0.15) is 24.0 Å². The van der Waals surface area contributed by atoms with Gasteiger partial charge in [0.05, 0.1) is 6.54 Å². The van der Waals surface area contributed by atoms with Gasteiger partial charge in [-0.25, -0.2) is 4.79 Å². The Hall–Kier alpha value is -2.08. The van der Waals surface area contributed by atoms with Crippen molar-refractivity contribution in [1.82, 2.24) is 10.2 Å². The average molecular weight is 346 g/mol. The van der Waals surface area contributed by atoms with Crippen LogP contribution in [0.5, 0.6) is 5.75 Å². The van der Waals surface area contributed by atoms with E-state index >= 15 is 0 Å². The van der Waals surface area contributed by atoms with Crippen molar-refractivity contribution in [3.8, 4) is 5.75 Å². The molecule has 1 atom stereocenters. The average Bonchev–Trinajstić information content (AvgIpc) is 2.85. The first kappa shape index (κ1) is 17.7. The van der Waals surface area contributed by atoms with Crippen LogP contribution in [0.1, 0.15) is 44.6 Å². The predicted molar refractivity (Wildman–Crippen MR) is 93.4 cm³/mol. The van der Waals surface area contributed by atoms with Gasteiger partial charge < -0.3 is 15.2 Å². The Bertz CT molecular complexity index is 623. The number of nitrogens with one attached hydrogen (secondary N) is 1. The normalized spacial score (nSPS) is 20.6. The number of aliphatic hydroxyl groups excluding tert-OH is 1. The Morgan fingerprint density at radius 2 is 1.88 bits per heavy atom. The van der Waals surface area contributed by atoms with Crippen LogP contribution in [0.15, 0.2) is 24.3 Å². The lowest BCUT2D eigenvalue weighted by molar-refractivity contribution is -0.133. The molecule has 3 rings (SSSR count). The molecule has 1 aromatic carbocycles. The number of imide groups is 1. The molecule has 6 heteroatoms. The standard InChI is InChI=1S/C19H26N2O4/c1-2-14-6-8-16(9-7-14)25-13-15(22)12-21-17(23)19(20-18(21)24)10-4-3-5-11-19/h6-9,15,22H,2-5,10-13H2,1H3,(H,20,24)/t15-/m1/s1. The Kier molecular flexibility index (Phi) is 5.27. The first-order chi connectivity index (χ1) is 12.0. The van der Waals surface area contributed by atoms with Crippen LogP contribution in [0.4, 0.5) is 4.79 Å². The molecule has 0 bridgehead atoms. The molecule has 2 N–H and O–H groups in total. The summed E-state index contributed by atoms with van der Waals surface area (Å²) in [6.07, 6.45) is 4.39. The Balaban J connectivity index is 1.54. The van der Waals surface area contributed by atoms with Crippen LogP contribution in [-0.4, -0.2) is 46.7 Å². The molecule has 136 valence electrons. The number of benzene rings is 1. The molecule has 0 radical (unpaired) electrons. The highest BCUT2D eigenvalue weighted by Crippen LogP contribution is 2.33. The van der Waals surface area contributed by atoms with E-state index in [4.69, 9.17) is 4.74 Å². The highest BCUT2D eigenvalue weighted by Gasteiger charge is 2.51. The number of urea groups is 1. The number of ether oxygens (including phenoxy) is 1. The van der Waals surface area contributed by atoms with Crippen LogP contribution in [0.2, 0.25) is 0 Å². The minimum Gasteiger partial charge on any atom is -0.491 e. The second-order valence-corrected chi connectivity index (χ2v) is 6.95. The molecule has 1 heterocycles. The quantitative estimate of drug-likeness (QED) is 0.775. The van der Waals surface area contributed by atoms with Gasteiger partial charge in [-0.05, 0) is 37.0 Å². The molecular formula is C19H26N2O4. The monoisotopic (exact) mass is 346 g/mol. The topological polar surface area (TPSA) is 78.9 Å². The largest absolute Gasteiger partial charge is 0.491 e. The zero-order chi connectivity index (χ0) is 17.9. The minimum absolute atomic E-state index is 0.0372. The summed E-state index contributed by atoms with van der Waals surface area (Å²) in [5.74, 6) is 0.459. The van der Waals surface area contributed by atoms with Gasteiger partial charge in [0, 0.05) is 0 Å². The third kappa shape index (κ3) is 3.79. The Morgan fingerprint density at radius 1 is 1.20 bits per heavy atom. The Morgan fingerprint density at radius 3 is 2.52 bits per heavy atom. The summed E-state index contributed by atoms with van der Waals surface area (Å²) in [5, 5.41) is 13.0. The number of hydrogen-bond acceptors (Lipinski definition) is 4. The highest BCUT2D eigenvalue weighted by molar-refractivity contribution is 6.07. The third-order valence-electron chi connectivity index (χ3n) is 5.12. The molecule has 2 fully saturated rings. The van der Waals surface area contributed by atoms with Gasteiger partial charge >= 0.3 is 6.03 Å². The van der Waals surface area contributed by atoms with Crippen molar-refractivity contribution < 1.29 is 19.4 Å². The molecule has 25 heavy (non-hydrogen) atoms. The fourth-order valence-corrected chi connectivity index (χ4v) is 3.61. The summed E-state index contributed by atoms with van der Waals surface area (Å²) < 4.78 is 5.57. The van der Waals surface area contributed by atoms with E-state index in [1.165, 1.54) is 5.56 Å². The molecule has 2 aliphatic rings. The zero-order valence-corrected chi connectivity index (χ0v) is 14.7. The van der Waals surface area contributed by atoms with E-state index in [1.54, 1.807) is 0 Å². The molecule has 1 spiro atoms. The number of carbonyl (C=O) groups excluding carboxylic acids is 2. The van der Waals surface area contributed by atoms with Crippen molar-refractivity contribution in [3.05, 3.63) is 29.8 Å². The second-order valence-electron chi connectivity index (χ2n) is 6.95. The van der Waals surface area contributed by atoms with Crippen LogP contribution in [0.25, 0.3) is 0 Å². The van der Waals surface area contributed by atoms with Crippen LogP contribution < -0.4 is 10.1 Å². The van der Waals surface area contributed by atoms with Crippen molar-refractivity contribution in [2.75, 3.05) is 13.2 Å². The van der Waals surface area contributed by atoms with E-state index in [0.717, 1.165) is 30.6 Å². The maximum atomic E-state index is 12.7. The number of aliphatic hydroxyl groups is 1. The second kappa shape index (κ2) is 7.44. The van der Waals surface area contributed by atoms with E-state index in [1.807, 2.05) is 24.3 Å². The lowest BCUT2D eigenvalue weighted by Gasteiger charge is -2.30. The number of rotatable bonds is 6. The lowest BCUT2D eigenvalue weighted by Crippen LogP contribution is -2.48. The highest BCUT2D eigenvalue weighted by atomic mass is 16.5. The molecule has 1 saturated heterocycles. The maximum Gasteiger partial charge on any atom is 0.325 e. The lowest BCUT2D eigenvalue weighted by atomic mass is 9.82. The molecule has 0 aromatic heterocycles. The van der Waals surface area contributed by atoms with Gasteiger partial charge in [-0.1, -0.05) is 38.3 Å². The van der Waals surface area contributed by atoms with Gasteiger partial charge in [-0.15, -0.1) is 0 Å². The molecule has 0 unspecified atom stereocenters. The SMILES string of the molecule is CCc1ccc(OC[C@H](O)CN2C(=O)NC3(CCCCC3)C2=O)cc1. The minimum atomic E-state index is -0.917. The summed E-state index contributed by atoms with van der Waals surface area (Å²) in [6, 6.07) is 7.27.